The first kappa shape index (κ1) is 10.4. The van der Waals surface area contributed by atoms with Crippen LogP contribution in [0.5, 0.6) is 0 Å². The molecule has 0 heterocycles. The normalized spacial score (nSPS) is 15.9. The van der Waals surface area contributed by atoms with Gasteiger partial charge in [-0.2, -0.15) is 0 Å². The van der Waals surface area contributed by atoms with E-state index in [2.05, 4.69) is 5.32 Å². The van der Waals surface area contributed by atoms with Crippen molar-refractivity contribution in [3.63, 3.8) is 0 Å². The van der Waals surface area contributed by atoms with Crippen molar-refractivity contribution in [1.29, 1.82) is 0 Å². The average Bonchev–Trinajstić information content (AvgIpc) is 1.99. The van der Waals surface area contributed by atoms with Crippen LogP contribution in [0.15, 0.2) is 0 Å². The van der Waals surface area contributed by atoms with E-state index in [-0.39, 0.29) is 12.5 Å². The Balaban J connectivity index is 3.45. The molecule has 0 aliphatic heterocycles. The van der Waals surface area contributed by atoms with E-state index in [0.717, 1.165) is 0 Å². The highest BCUT2D eigenvalue weighted by Gasteiger charge is 2.10. The van der Waals surface area contributed by atoms with Crippen molar-refractivity contribution in [3.8, 4) is 0 Å². The van der Waals surface area contributed by atoms with E-state index in [0.29, 0.717) is 6.54 Å². The quantitative estimate of drug-likeness (QED) is 0.516. The summed E-state index contributed by atoms with van der Waals surface area (Å²) >= 11 is 0. The summed E-state index contributed by atoms with van der Waals surface area (Å²) in [5.41, 5.74) is 0. The molecule has 3 N–H and O–H groups in total. The zero-order valence-corrected chi connectivity index (χ0v) is 6.87. The van der Waals surface area contributed by atoms with Crippen molar-refractivity contribution >= 4 is 5.97 Å². The lowest BCUT2D eigenvalue weighted by Gasteiger charge is -2.12. The SMILES string of the molecule is CC(CO)CN[C@@H](C)C(=O)O. The second kappa shape index (κ2) is 5.09. The van der Waals surface area contributed by atoms with E-state index < -0.39 is 12.0 Å². The van der Waals surface area contributed by atoms with Crippen LogP contribution in [0.2, 0.25) is 0 Å². The second-order valence-electron chi connectivity index (χ2n) is 2.76. The fourth-order valence-electron chi connectivity index (χ4n) is 0.530. The van der Waals surface area contributed by atoms with Gasteiger partial charge in [-0.1, -0.05) is 6.92 Å². The number of nitrogens with one attached hydrogen (secondary N) is 1. The summed E-state index contributed by atoms with van der Waals surface area (Å²) in [5.74, 6) is -0.757. The first-order valence-electron chi connectivity index (χ1n) is 3.65. The zero-order chi connectivity index (χ0) is 8.85. The maximum atomic E-state index is 10.3. The Bertz CT molecular complexity index is 127. The molecule has 4 nitrogen and oxygen atoms in total. The number of aliphatic hydroxyl groups excluding tert-OH is 1. The summed E-state index contributed by atoms with van der Waals surface area (Å²) in [6.07, 6.45) is 0. The molecule has 0 aromatic rings. The average molecular weight is 161 g/mol. The van der Waals surface area contributed by atoms with Crippen molar-refractivity contribution in [3.05, 3.63) is 0 Å². The van der Waals surface area contributed by atoms with E-state index in [9.17, 15) is 4.79 Å². The van der Waals surface area contributed by atoms with Crippen LogP contribution in [0.25, 0.3) is 0 Å². The number of carboxylic acids is 1. The Morgan fingerprint density at radius 2 is 2.09 bits per heavy atom. The third-order valence-corrected chi connectivity index (χ3v) is 1.45. The maximum Gasteiger partial charge on any atom is 0.320 e. The van der Waals surface area contributed by atoms with Gasteiger partial charge in [0.25, 0.3) is 0 Å². The fourth-order valence-corrected chi connectivity index (χ4v) is 0.530. The number of aliphatic carboxylic acids is 1. The largest absolute Gasteiger partial charge is 0.480 e. The minimum absolute atomic E-state index is 0.0827. The molecule has 11 heavy (non-hydrogen) atoms. The van der Waals surface area contributed by atoms with Crippen LogP contribution in [0.3, 0.4) is 0 Å². The van der Waals surface area contributed by atoms with Crippen LogP contribution in [-0.4, -0.2) is 35.4 Å². The molecule has 0 bridgehead atoms. The van der Waals surface area contributed by atoms with Gasteiger partial charge in [-0.3, -0.25) is 4.79 Å². The molecule has 0 saturated heterocycles. The van der Waals surface area contributed by atoms with Gasteiger partial charge < -0.3 is 15.5 Å². The van der Waals surface area contributed by atoms with Gasteiger partial charge in [0.1, 0.15) is 6.04 Å². The number of carbonyl (C=O) groups is 1. The standard InChI is InChI=1S/C7H15NO3/c1-5(4-9)3-8-6(2)7(10)11/h5-6,8-9H,3-4H2,1-2H3,(H,10,11)/t5?,6-/m0/s1. The first-order valence-corrected chi connectivity index (χ1v) is 3.65. The molecule has 0 aliphatic rings. The number of carboxylic acid groups (broad SMARTS) is 1. The minimum Gasteiger partial charge on any atom is -0.480 e. The molecule has 0 aromatic heterocycles. The molecule has 1 unspecified atom stereocenters. The van der Waals surface area contributed by atoms with Gasteiger partial charge >= 0.3 is 5.97 Å². The predicted molar refractivity (Wildman–Crippen MR) is 41.4 cm³/mol. The summed E-state index contributed by atoms with van der Waals surface area (Å²) in [7, 11) is 0. The Kier molecular flexibility index (Phi) is 4.81. The van der Waals surface area contributed by atoms with Crippen LogP contribution < -0.4 is 5.32 Å². The molecule has 4 heteroatoms. The smallest absolute Gasteiger partial charge is 0.320 e. The first-order chi connectivity index (χ1) is 5.07. The molecule has 0 aromatic carbocycles. The van der Waals surface area contributed by atoms with E-state index >= 15 is 0 Å². The summed E-state index contributed by atoms with van der Waals surface area (Å²) in [5, 5.41) is 19.8. The lowest BCUT2D eigenvalue weighted by molar-refractivity contribution is -0.139. The van der Waals surface area contributed by atoms with E-state index in [4.69, 9.17) is 10.2 Å². The van der Waals surface area contributed by atoms with Crippen molar-refractivity contribution in [2.45, 2.75) is 19.9 Å². The Labute approximate surface area is 66.2 Å². The van der Waals surface area contributed by atoms with Crippen LogP contribution in [0.1, 0.15) is 13.8 Å². The summed E-state index contributed by atoms with van der Waals surface area (Å²) in [4.78, 5) is 10.3. The monoisotopic (exact) mass is 161 g/mol. The van der Waals surface area contributed by atoms with Crippen molar-refractivity contribution in [1.82, 2.24) is 5.32 Å². The lowest BCUT2D eigenvalue weighted by atomic mass is 10.2. The van der Waals surface area contributed by atoms with E-state index in [1.165, 1.54) is 0 Å². The van der Waals surface area contributed by atoms with Crippen molar-refractivity contribution in [2.75, 3.05) is 13.2 Å². The molecular weight excluding hydrogens is 146 g/mol. The molecule has 0 saturated carbocycles. The zero-order valence-electron chi connectivity index (χ0n) is 6.87. The van der Waals surface area contributed by atoms with E-state index in [1.807, 2.05) is 6.92 Å². The van der Waals surface area contributed by atoms with Gasteiger partial charge in [-0.25, -0.2) is 0 Å². The summed E-state index contributed by atoms with van der Waals surface area (Å²) < 4.78 is 0. The highest BCUT2D eigenvalue weighted by molar-refractivity contribution is 5.72. The molecule has 0 amide bonds. The number of rotatable bonds is 5. The van der Waals surface area contributed by atoms with Gasteiger partial charge in [-0.15, -0.1) is 0 Å². The molecule has 2 atom stereocenters. The predicted octanol–water partition coefficient (Wildman–Crippen LogP) is -0.323. The van der Waals surface area contributed by atoms with Gasteiger partial charge in [-0.05, 0) is 12.8 Å². The summed E-state index contributed by atoms with van der Waals surface area (Å²) in [6.45, 7) is 4.04. The van der Waals surface area contributed by atoms with Gasteiger partial charge in [0.05, 0.1) is 0 Å². The van der Waals surface area contributed by atoms with Crippen molar-refractivity contribution in [2.24, 2.45) is 5.92 Å². The van der Waals surface area contributed by atoms with Crippen LogP contribution >= 0.6 is 0 Å². The molecule has 0 aliphatic carbocycles. The Morgan fingerprint density at radius 1 is 1.55 bits per heavy atom. The van der Waals surface area contributed by atoms with Gasteiger partial charge in [0.2, 0.25) is 0 Å². The third kappa shape index (κ3) is 4.75. The number of aliphatic hydroxyl groups is 1. The topological polar surface area (TPSA) is 69.6 Å². The van der Waals surface area contributed by atoms with Crippen LogP contribution in [0, 0.1) is 5.92 Å². The van der Waals surface area contributed by atoms with Crippen LogP contribution in [0.4, 0.5) is 0 Å². The summed E-state index contributed by atoms with van der Waals surface area (Å²) in [6, 6.07) is -0.538. The minimum atomic E-state index is -0.866. The Hall–Kier alpha value is -0.610. The molecule has 66 valence electrons. The Morgan fingerprint density at radius 3 is 2.45 bits per heavy atom. The highest BCUT2D eigenvalue weighted by Crippen LogP contribution is 1.90. The highest BCUT2D eigenvalue weighted by atomic mass is 16.4. The molecular formula is C7H15NO3. The van der Waals surface area contributed by atoms with Crippen molar-refractivity contribution < 1.29 is 15.0 Å². The number of hydrogen-bond acceptors (Lipinski definition) is 3. The molecule has 0 fully saturated rings. The van der Waals surface area contributed by atoms with Gasteiger partial charge in [0, 0.05) is 13.2 Å². The molecule has 0 radical (unpaired) electrons. The number of hydrogen-bond donors (Lipinski definition) is 3. The van der Waals surface area contributed by atoms with Gasteiger partial charge in [0.15, 0.2) is 0 Å². The maximum absolute atomic E-state index is 10.3. The molecule has 0 rings (SSSR count). The van der Waals surface area contributed by atoms with Crippen LogP contribution in [-0.2, 0) is 4.79 Å². The molecule has 0 spiro atoms. The fraction of sp³-hybridized carbons (Fsp3) is 0.857. The lowest BCUT2D eigenvalue weighted by Crippen LogP contribution is -2.37. The van der Waals surface area contributed by atoms with E-state index in [1.54, 1.807) is 6.92 Å². The second-order valence-corrected chi connectivity index (χ2v) is 2.76. The third-order valence-electron chi connectivity index (χ3n) is 1.45.